The first-order valence-corrected chi connectivity index (χ1v) is 9.49. The zero-order chi connectivity index (χ0) is 21.7. The topological polar surface area (TPSA) is 144 Å². The summed E-state index contributed by atoms with van der Waals surface area (Å²) in [6, 6.07) is 3.48. The van der Waals surface area contributed by atoms with Gasteiger partial charge in [0, 0.05) is 25.2 Å². The van der Waals surface area contributed by atoms with E-state index >= 15 is 0 Å². The Labute approximate surface area is 171 Å². The summed E-state index contributed by atoms with van der Waals surface area (Å²) in [5.41, 5.74) is 3.97. The highest BCUT2D eigenvalue weighted by molar-refractivity contribution is 6.34. The zero-order valence-electron chi connectivity index (χ0n) is 16.1. The van der Waals surface area contributed by atoms with Crippen LogP contribution in [0.2, 0.25) is 5.02 Å². The molecular formula is C18H22ClN5O5. The molecule has 11 heteroatoms. The van der Waals surface area contributed by atoms with Gasteiger partial charge in [0.2, 0.25) is 0 Å². The van der Waals surface area contributed by atoms with Crippen LogP contribution in [0.25, 0.3) is 0 Å². The standard InChI is InChI=1S/C18H22ClN5O5/c1-3-5-9-22(14-15(20)23(8-4-2)18(27)21-16(14)25)17(26)12-10-11(24(28)29)6-7-13(12)19/h6-7,10H,3-5,8-9,20H2,1-2H3,(H,21,25,27). The van der Waals surface area contributed by atoms with Crippen molar-refractivity contribution in [3.63, 3.8) is 0 Å². The van der Waals surface area contributed by atoms with Gasteiger partial charge in [-0.15, -0.1) is 0 Å². The fourth-order valence-electron chi connectivity index (χ4n) is 2.85. The molecule has 1 heterocycles. The summed E-state index contributed by atoms with van der Waals surface area (Å²) >= 11 is 6.10. The van der Waals surface area contributed by atoms with Crippen molar-refractivity contribution in [1.29, 1.82) is 0 Å². The Balaban J connectivity index is 2.68. The minimum Gasteiger partial charge on any atom is -0.383 e. The molecule has 0 saturated heterocycles. The van der Waals surface area contributed by atoms with E-state index in [1.165, 1.54) is 16.7 Å². The van der Waals surface area contributed by atoms with Crippen LogP contribution < -0.4 is 21.9 Å². The number of carbonyl (C=O) groups is 1. The van der Waals surface area contributed by atoms with Crippen molar-refractivity contribution in [3.05, 3.63) is 59.7 Å². The Kier molecular flexibility index (Phi) is 7.16. The summed E-state index contributed by atoms with van der Waals surface area (Å²) < 4.78 is 1.18. The molecular weight excluding hydrogens is 402 g/mol. The van der Waals surface area contributed by atoms with Crippen molar-refractivity contribution >= 4 is 34.7 Å². The summed E-state index contributed by atoms with van der Waals surface area (Å²) in [4.78, 5) is 51.6. The van der Waals surface area contributed by atoms with Crippen LogP contribution in [-0.4, -0.2) is 26.9 Å². The minimum absolute atomic E-state index is 0.000946. The number of nitrogens with two attached hydrogens (primary N) is 1. The molecule has 0 aliphatic rings. The van der Waals surface area contributed by atoms with Gasteiger partial charge in [0.1, 0.15) is 5.82 Å². The molecule has 0 atom stereocenters. The Morgan fingerprint density at radius 3 is 2.59 bits per heavy atom. The number of amides is 1. The number of aromatic nitrogens is 2. The maximum Gasteiger partial charge on any atom is 0.330 e. The monoisotopic (exact) mass is 423 g/mol. The van der Waals surface area contributed by atoms with E-state index in [-0.39, 0.29) is 40.9 Å². The predicted octanol–water partition coefficient (Wildman–Crippen LogP) is 2.54. The van der Waals surface area contributed by atoms with Crippen molar-refractivity contribution in [2.75, 3.05) is 17.2 Å². The molecule has 0 spiro atoms. The second kappa shape index (κ2) is 9.37. The molecule has 0 aliphatic heterocycles. The second-order valence-electron chi connectivity index (χ2n) is 6.38. The lowest BCUT2D eigenvalue weighted by Gasteiger charge is -2.24. The number of H-pyrrole nitrogens is 1. The zero-order valence-corrected chi connectivity index (χ0v) is 16.9. The number of halogens is 1. The van der Waals surface area contributed by atoms with Crippen molar-refractivity contribution in [1.82, 2.24) is 9.55 Å². The molecule has 1 aromatic heterocycles. The molecule has 0 aliphatic carbocycles. The quantitative estimate of drug-likeness (QED) is 0.493. The van der Waals surface area contributed by atoms with Crippen molar-refractivity contribution in [3.8, 4) is 0 Å². The Hall–Kier alpha value is -3.14. The summed E-state index contributed by atoms with van der Waals surface area (Å²) in [6.45, 7) is 4.10. The Morgan fingerprint density at radius 1 is 1.31 bits per heavy atom. The number of nitro groups is 1. The number of hydrogen-bond donors (Lipinski definition) is 2. The van der Waals surface area contributed by atoms with Gasteiger partial charge in [0.05, 0.1) is 15.5 Å². The van der Waals surface area contributed by atoms with Crippen LogP contribution in [-0.2, 0) is 6.54 Å². The van der Waals surface area contributed by atoms with Gasteiger partial charge in [-0.3, -0.25) is 29.3 Å². The number of non-ortho nitro benzene ring substituents is 1. The number of nitrogens with one attached hydrogen (secondary N) is 1. The first-order chi connectivity index (χ1) is 13.7. The molecule has 29 heavy (non-hydrogen) atoms. The van der Waals surface area contributed by atoms with E-state index < -0.39 is 22.1 Å². The molecule has 0 unspecified atom stereocenters. The first-order valence-electron chi connectivity index (χ1n) is 9.11. The average molecular weight is 424 g/mol. The lowest BCUT2D eigenvalue weighted by molar-refractivity contribution is -0.384. The number of nitro benzene ring substituents is 1. The molecule has 2 aromatic rings. The number of aromatic amines is 1. The third-order valence-corrected chi connectivity index (χ3v) is 4.63. The van der Waals surface area contributed by atoms with Gasteiger partial charge in [-0.1, -0.05) is 31.9 Å². The van der Waals surface area contributed by atoms with E-state index in [1.54, 1.807) is 0 Å². The number of hydrogen-bond acceptors (Lipinski definition) is 6. The number of unbranched alkanes of at least 4 members (excludes halogenated alkanes) is 1. The molecule has 0 radical (unpaired) electrons. The third kappa shape index (κ3) is 4.65. The largest absolute Gasteiger partial charge is 0.383 e. The maximum absolute atomic E-state index is 13.2. The molecule has 156 valence electrons. The normalized spacial score (nSPS) is 10.7. The smallest absolute Gasteiger partial charge is 0.330 e. The molecule has 0 saturated carbocycles. The fraction of sp³-hybridized carbons (Fsp3) is 0.389. The number of carbonyl (C=O) groups excluding carboxylic acids is 1. The molecule has 2 rings (SSSR count). The summed E-state index contributed by atoms with van der Waals surface area (Å²) in [7, 11) is 0. The van der Waals surface area contributed by atoms with Gasteiger partial charge in [-0.25, -0.2) is 4.79 Å². The fourth-order valence-corrected chi connectivity index (χ4v) is 3.05. The van der Waals surface area contributed by atoms with Crippen LogP contribution >= 0.6 is 11.6 Å². The average Bonchev–Trinajstić information content (AvgIpc) is 2.67. The van der Waals surface area contributed by atoms with Gasteiger partial charge in [0.25, 0.3) is 17.2 Å². The van der Waals surface area contributed by atoms with E-state index in [0.717, 1.165) is 11.0 Å². The predicted molar refractivity (Wildman–Crippen MR) is 111 cm³/mol. The molecule has 3 N–H and O–H groups in total. The van der Waals surface area contributed by atoms with Crippen LogP contribution in [0.15, 0.2) is 27.8 Å². The van der Waals surface area contributed by atoms with Crippen LogP contribution in [0.5, 0.6) is 0 Å². The van der Waals surface area contributed by atoms with Gasteiger partial charge >= 0.3 is 5.69 Å². The highest BCUT2D eigenvalue weighted by atomic mass is 35.5. The highest BCUT2D eigenvalue weighted by Crippen LogP contribution is 2.26. The minimum atomic E-state index is -0.814. The Morgan fingerprint density at radius 2 is 2.00 bits per heavy atom. The van der Waals surface area contributed by atoms with Gasteiger partial charge in [-0.05, 0) is 18.9 Å². The SMILES string of the molecule is CCCCN(C(=O)c1cc([N+](=O)[O-])ccc1Cl)c1c(N)n(CCC)c(=O)[nH]c1=O. The lowest BCUT2D eigenvalue weighted by atomic mass is 10.1. The Bertz CT molecular complexity index is 1050. The van der Waals surface area contributed by atoms with Gasteiger partial charge in [0.15, 0.2) is 5.69 Å². The summed E-state index contributed by atoms with van der Waals surface area (Å²) in [6.07, 6.45) is 1.82. The van der Waals surface area contributed by atoms with Crippen LogP contribution in [0.3, 0.4) is 0 Å². The lowest BCUT2D eigenvalue weighted by Crippen LogP contribution is -2.41. The molecule has 10 nitrogen and oxygen atoms in total. The number of anilines is 2. The number of nitrogens with zero attached hydrogens (tertiary/aromatic N) is 3. The molecule has 1 amide bonds. The van der Waals surface area contributed by atoms with Gasteiger partial charge < -0.3 is 10.6 Å². The number of nitrogen functional groups attached to an aromatic ring is 1. The third-order valence-electron chi connectivity index (χ3n) is 4.30. The van der Waals surface area contributed by atoms with Crippen LogP contribution in [0.1, 0.15) is 43.5 Å². The second-order valence-corrected chi connectivity index (χ2v) is 6.78. The van der Waals surface area contributed by atoms with Crippen molar-refractivity contribution < 1.29 is 9.72 Å². The van der Waals surface area contributed by atoms with E-state index in [0.29, 0.717) is 19.3 Å². The van der Waals surface area contributed by atoms with Gasteiger partial charge in [-0.2, -0.15) is 0 Å². The molecule has 0 bridgehead atoms. The van der Waals surface area contributed by atoms with E-state index in [9.17, 15) is 24.5 Å². The van der Waals surface area contributed by atoms with Crippen LogP contribution in [0.4, 0.5) is 17.2 Å². The summed E-state index contributed by atoms with van der Waals surface area (Å²) in [5, 5.41) is 11.1. The maximum atomic E-state index is 13.2. The summed E-state index contributed by atoms with van der Waals surface area (Å²) in [5.74, 6) is -0.863. The molecule has 1 aromatic carbocycles. The van der Waals surface area contributed by atoms with E-state index in [1.807, 2.05) is 13.8 Å². The van der Waals surface area contributed by atoms with E-state index in [2.05, 4.69) is 4.98 Å². The first kappa shape index (κ1) is 22.2. The van der Waals surface area contributed by atoms with Crippen molar-refractivity contribution in [2.24, 2.45) is 0 Å². The van der Waals surface area contributed by atoms with Crippen LogP contribution in [0, 0.1) is 10.1 Å². The van der Waals surface area contributed by atoms with Crippen molar-refractivity contribution in [2.45, 2.75) is 39.7 Å². The molecule has 0 fully saturated rings. The number of benzene rings is 1. The van der Waals surface area contributed by atoms with E-state index in [4.69, 9.17) is 17.3 Å². The number of rotatable bonds is 8. The highest BCUT2D eigenvalue weighted by Gasteiger charge is 2.27.